The van der Waals surface area contributed by atoms with Crippen molar-refractivity contribution in [3.63, 3.8) is 0 Å². The van der Waals surface area contributed by atoms with Gasteiger partial charge in [0.2, 0.25) is 0 Å². The fraction of sp³-hybridized carbons (Fsp3) is 0.500. The second-order valence-corrected chi connectivity index (χ2v) is 7.25. The molecule has 0 spiro atoms. The Morgan fingerprint density at radius 3 is 2.14 bits per heavy atom. The average Bonchev–Trinajstić information content (AvgIpc) is 2.74. The quantitative estimate of drug-likeness (QED) is 0.384. The van der Waals surface area contributed by atoms with Crippen molar-refractivity contribution < 1.29 is 18.9 Å². The fourth-order valence-electron chi connectivity index (χ4n) is 3.39. The lowest BCUT2D eigenvalue weighted by Crippen LogP contribution is -2.20. The van der Waals surface area contributed by atoms with E-state index in [1.165, 1.54) is 37.7 Å². The van der Waals surface area contributed by atoms with Crippen molar-refractivity contribution >= 4 is 0 Å². The van der Waals surface area contributed by atoms with Crippen LogP contribution < -0.4 is 14.2 Å². The summed E-state index contributed by atoms with van der Waals surface area (Å²) in [7, 11) is 0. The molecule has 0 aromatic heterocycles. The van der Waals surface area contributed by atoms with Gasteiger partial charge in [-0.1, -0.05) is 25.5 Å². The van der Waals surface area contributed by atoms with Crippen LogP contribution in [0.2, 0.25) is 0 Å². The number of rotatable bonds is 10. The summed E-state index contributed by atoms with van der Waals surface area (Å²) < 4.78 is 23.2. The van der Waals surface area contributed by atoms with E-state index < -0.39 is 0 Å². The lowest BCUT2D eigenvalue weighted by atomic mass is 9.98. The molecule has 0 bridgehead atoms. The van der Waals surface area contributed by atoms with Crippen molar-refractivity contribution in [2.75, 3.05) is 13.2 Å². The van der Waals surface area contributed by atoms with Crippen molar-refractivity contribution in [1.82, 2.24) is 0 Å². The largest absolute Gasteiger partial charge is 0.491 e. The van der Waals surface area contributed by atoms with Crippen LogP contribution in [0.1, 0.15) is 51.5 Å². The van der Waals surface area contributed by atoms with E-state index in [2.05, 4.69) is 19.1 Å². The van der Waals surface area contributed by atoms with Crippen molar-refractivity contribution in [2.24, 2.45) is 0 Å². The zero-order valence-corrected chi connectivity index (χ0v) is 17.1. The normalized spacial score (nSPS) is 15.8. The van der Waals surface area contributed by atoms with Gasteiger partial charge in [0.25, 0.3) is 0 Å². The van der Waals surface area contributed by atoms with Gasteiger partial charge in [-0.25, -0.2) is 0 Å². The molecule has 152 valence electrons. The van der Waals surface area contributed by atoms with E-state index in [1.807, 2.05) is 43.3 Å². The number of ether oxygens (including phenoxy) is 4. The smallest absolute Gasteiger partial charge is 0.197 e. The second kappa shape index (κ2) is 11.0. The van der Waals surface area contributed by atoms with Gasteiger partial charge in [-0.15, -0.1) is 0 Å². The maximum Gasteiger partial charge on any atom is 0.197 e. The SMILES string of the molecule is CCc1ccc(OC(C)OCCOc2ccc(OC3CCCCC3)cc2)cc1. The summed E-state index contributed by atoms with van der Waals surface area (Å²) in [6.07, 6.45) is 7.30. The first-order chi connectivity index (χ1) is 13.7. The average molecular weight is 385 g/mol. The molecule has 0 amide bonds. The number of aryl methyl sites for hydroxylation is 1. The van der Waals surface area contributed by atoms with Gasteiger partial charge in [-0.2, -0.15) is 0 Å². The van der Waals surface area contributed by atoms with E-state index in [0.717, 1.165) is 23.7 Å². The molecular weight excluding hydrogens is 352 g/mol. The van der Waals surface area contributed by atoms with Crippen molar-refractivity contribution in [3.8, 4) is 17.2 Å². The van der Waals surface area contributed by atoms with Crippen LogP contribution in [-0.4, -0.2) is 25.6 Å². The predicted molar refractivity (Wildman–Crippen MR) is 111 cm³/mol. The highest BCUT2D eigenvalue weighted by Crippen LogP contribution is 2.25. The van der Waals surface area contributed by atoms with E-state index in [4.69, 9.17) is 18.9 Å². The molecule has 0 aliphatic heterocycles. The minimum Gasteiger partial charge on any atom is -0.491 e. The van der Waals surface area contributed by atoms with Gasteiger partial charge < -0.3 is 18.9 Å². The van der Waals surface area contributed by atoms with Gasteiger partial charge in [-0.3, -0.25) is 0 Å². The standard InChI is InChI=1S/C24H32O4/c1-3-20-9-11-23(12-10-20)27-19(2)25-17-18-26-21-13-15-24(16-14-21)28-22-7-5-4-6-8-22/h9-16,19,22H,3-8,17-18H2,1-2H3. The molecule has 1 saturated carbocycles. The lowest BCUT2D eigenvalue weighted by molar-refractivity contribution is -0.0739. The van der Waals surface area contributed by atoms with E-state index in [0.29, 0.717) is 19.3 Å². The van der Waals surface area contributed by atoms with Gasteiger partial charge >= 0.3 is 0 Å². The third kappa shape index (κ3) is 6.75. The van der Waals surface area contributed by atoms with Crippen molar-refractivity contribution in [3.05, 3.63) is 54.1 Å². The number of hydrogen-bond donors (Lipinski definition) is 0. The van der Waals surface area contributed by atoms with Gasteiger partial charge in [0, 0.05) is 0 Å². The second-order valence-electron chi connectivity index (χ2n) is 7.25. The summed E-state index contributed by atoms with van der Waals surface area (Å²) in [6, 6.07) is 16.0. The van der Waals surface area contributed by atoms with Gasteiger partial charge in [0.1, 0.15) is 23.9 Å². The highest BCUT2D eigenvalue weighted by atomic mass is 16.7. The Kier molecular flexibility index (Phi) is 8.04. The van der Waals surface area contributed by atoms with Crippen molar-refractivity contribution in [1.29, 1.82) is 0 Å². The molecule has 4 heteroatoms. The number of hydrogen-bond acceptors (Lipinski definition) is 4. The Hall–Kier alpha value is -2.20. The lowest BCUT2D eigenvalue weighted by Gasteiger charge is -2.23. The Bertz CT molecular complexity index is 675. The Balaban J connectivity index is 1.32. The molecule has 4 nitrogen and oxygen atoms in total. The van der Waals surface area contributed by atoms with Crippen LogP contribution in [0.3, 0.4) is 0 Å². The van der Waals surface area contributed by atoms with Gasteiger partial charge in [0.05, 0.1) is 12.7 Å². The summed E-state index contributed by atoms with van der Waals surface area (Å²) in [5, 5.41) is 0. The van der Waals surface area contributed by atoms with E-state index >= 15 is 0 Å². The van der Waals surface area contributed by atoms with Crippen LogP contribution in [-0.2, 0) is 11.2 Å². The molecule has 2 aromatic rings. The van der Waals surface area contributed by atoms with Gasteiger partial charge in [-0.05, 0) is 81.0 Å². The highest BCUT2D eigenvalue weighted by molar-refractivity contribution is 5.31. The third-order valence-electron chi connectivity index (χ3n) is 5.02. The van der Waals surface area contributed by atoms with Crippen molar-refractivity contribution in [2.45, 2.75) is 64.8 Å². The zero-order chi connectivity index (χ0) is 19.6. The monoisotopic (exact) mass is 384 g/mol. The minimum atomic E-state index is -0.317. The fourth-order valence-corrected chi connectivity index (χ4v) is 3.39. The molecular formula is C24H32O4. The molecule has 1 atom stereocenters. The summed E-state index contributed by atoms with van der Waals surface area (Å²) in [4.78, 5) is 0. The maximum absolute atomic E-state index is 6.04. The van der Waals surface area contributed by atoms with Crippen LogP contribution in [0, 0.1) is 0 Å². The highest BCUT2D eigenvalue weighted by Gasteiger charge is 2.14. The van der Waals surface area contributed by atoms with Gasteiger partial charge in [0.15, 0.2) is 6.29 Å². The molecule has 1 unspecified atom stereocenters. The zero-order valence-electron chi connectivity index (χ0n) is 17.1. The molecule has 0 radical (unpaired) electrons. The Morgan fingerprint density at radius 1 is 0.821 bits per heavy atom. The van der Waals surface area contributed by atoms with Crippen LogP contribution >= 0.6 is 0 Å². The van der Waals surface area contributed by atoms with E-state index in [9.17, 15) is 0 Å². The molecule has 1 fully saturated rings. The molecule has 0 N–H and O–H groups in total. The van der Waals surface area contributed by atoms with Crippen LogP contribution in [0.5, 0.6) is 17.2 Å². The van der Waals surface area contributed by atoms with E-state index in [-0.39, 0.29) is 6.29 Å². The maximum atomic E-state index is 6.04. The summed E-state index contributed by atoms with van der Waals surface area (Å²) >= 11 is 0. The van der Waals surface area contributed by atoms with E-state index in [1.54, 1.807) is 0 Å². The third-order valence-corrected chi connectivity index (χ3v) is 5.02. The molecule has 3 rings (SSSR count). The molecule has 28 heavy (non-hydrogen) atoms. The predicted octanol–water partition coefficient (Wildman–Crippen LogP) is 5.78. The molecule has 1 aliphatic carbocycles. The Morgan fingerprint density at radius 2 is 1.46 bits per heavy atom. The van der Waals surface area contributed by atoms with Crippen LogP contribution in [0.25, 0.3) is 0 Å². The van der Waals surface area contributed by atoms with Crippen LogP contribution in [0.4, 0.5) is 0 Å². The molecule has 0 heterocycles. The first-order valence-corrected chi connectivity index (χ1v) is 10.5. The number of benzene rings is 2. The summed E-state index contributed by atoms with van der Waals surface area (Å²) in [6.45, 7) is 4.98. The topological polar surface area (TPSA) is 36.9 Å². The Labute approximate surface area is 168 Å². The minimum absolute atomic E-state index is 0.317. The first kappa shape index (κ1) is 20.5. The summed E-state index contributed by atoms with van der Waals surface area (Å²) in [5.41, 5.74) is 1.30. The summed E-state index contributed by atoms with van der Waals surface area (Å²) in [5.74, 6) is 2.56. The van der Waals surface area contributed by atoms with Crippen LogP contribution in [0.15, 0.2) is 48.5 Å². The first-order valence-electron chi connectivity index (χ1n) is 10.5. The molecule has 0 saturated heterocycles. The molecule has 2 aromatic carbocycles. The molecule has 1 aliphatic rings.